The predicted octanol–water partition coefficient (Wildman–Crippen LogP) is 11.2. The largest absolute Gasteiger partial charge is 0.444 e. The minimum Gasteiger partial charge on any atom is -0.444 e. The molecule has 6 aromatic heterocycles. The molecule has 0 aliphatic heterocycles. The van der Waals surface area contributed by atoms with Crippen molar-refractivity contribution in [1.29, 1.82) is 0 Å². The van der Waals surface area contributed by atoms with Crippen LogP contribution in [0.3, 0.4) is 0 Å². The lowest BCUT2D eigenvalue weighted by atomic mass is 9.55. The van der Waals surface area contributed by atoms with E-state index in [0.717, 1.165) is 78.3 Å². The first kappa shape index (κ1) is 42.2. The molecule has 2 aromatic carbocycles. The molecule has 0 radical (unpaired) electrons. The molecule has 6 heterocycles. The number of aromatic amines is 4. The normalized spacial score (nSPS) is 25.0. The van der Waals surface area contributed by atoms with Crippen molar-refractivity contribution in [3.8, 4) is 0 Å². The number of fused-ring (bicyclic) bond motifs is 12. The van der Waals surface area contributed by atoms with Crippen molar-refractivity contribution < 1.29 is 9.53 Å². The Morgan fingerprint density at radius 3 is 1.58 bits per heavy atom. The standard InChI is InChI=1S/C28H33N5O2.C23H25N5.ClH/c1-26(2,3)35-25(34)33(18-19-7-5-4-6-8-19)28-13-10-27(11-14-28,12-15-28)23-22-20-9-16-29-24(20)30-17-21(22)31-32-23;1-2-4-16(5-3-1)14-26-23-10-7-22(8-11-23,9-12-23)20-19-17-6-13-24-21(17)25-15-18(19)27-28-20;/h4-9,16-17,31-32H,10-15,18H2,1-3H3;1-6,13,15,26-28H,7-12,14H2;1H. The van der Waals surface area contributed by atoms with Crippen LogP contribution in [0.5, 0.6) is 0 Å². The van der Waals surface area contributed by atoms with Crippen LogP contribution in [-0.2, 0) is 28.7 Å². The number of H-pyrrole nitrogens is 4. The van der Waals surface area contributed by atoms with Gasteiger partial charge in [0.05, 0.1) is 23.4 Å². The van der Waals surface area contributed by atoms with Crippen LogP contribution in [0.15, 0.2) is 97.6 Å². The number of hydrogen-bond acceptors (Lipinski definition) is 7. The molecule has 4 bridgehead atoms. The summed E-state index contributed by atoms with van der Waals surface area (Å²) in [5.74, 6) is 0. The van der Waals surface area contributed by atoms with Gasteiger partial charge in [0, 0.05) is 80.3 Å². The van der Waals surface area contributed by atoms with Crippen molar-refractivity contribution in [1.82, 2.24) is 50.5 Å². The average Bonchev–Trinajstić information content (AvgIpc) is 4.15. The summed E-state index contributed by atoms with van der Waals surface area (Å²) in [6.07, 6.45) is 20.7. The number of amides is 1. The van der Waals surface area contributed by atoms with Gasteiger partial charge < -0.3 is 20.3 Å². The zero-order valence-electron chi connectivity index (χ0n) is 37.1. The van der Waals surface area contributed by atoms with Gasteiger partial charge in [0.2, 0.25) is 0 Å². The summed E-state index contributed by atoms with van der Waals surface area (Å²) < 4.78 is 5.93. The maximum atomic E-state index is 13.5. The van der Waals surface area contributed by atoms with Crippen molar-refractivity contribution in [2.75, 3.05) is 0 Å². The molecule has 0 spiro atoms. The highest BCUT2D eigenvalue weighted by molar-refractivity contribution is 6.06. The highest BCUT2D eigenvalue weighted by Crippen LogP contribution is 2.58. The monoisotopic (exact) mass is 878 g/mol. The number of halogens is 1. The van der Waals surface area contributed by atoms with Gasteiger partial charge in [0.15, 0.2) is 11.3 Å². The fourth-order valence-corrected chi connectivity index (χ4v) is 12.0. The van der Waals surface area contributed by atoms with Crippen LogP contribution >= 0.6 is 12.4 Å². The molecule has 64 heavy (non-hydrogen) atoms. The molecule has 332 valence electrons. The van der Waals surface area contributed by atoms with Crippen molar-refractivity contribution in [3.63, 3.8) is 0 Å². The van der Waals surface area contributed by atoms with E-state index < -0.39 is 5.60 Å². The van der Waals surface area contributed by atoms with Gasteiger partial charge in [-0.2, -0.15) is 0 Å². The molecule has 8 aromatic rings. The topological polar surface area (TPSA) is 156 Å². The SMILES string of the molecule is CC(C)(C)OC(=O)N(Cc1ccccc1)C12CCC(c3[nH][nH]c4cnc5nccc5c34)(CC1)CC2.Cl.c1ccc(CNC23CCC(c4[nH][nH]c5cnc6nccc6c45)(CC2)CC3)cc1. The molecule has 6 fully saturated rings. The lowest BCUT2D eigenvalue weighted by Crippen LogP contribution is -2.60. The Kier molecular flexibility index (Phi) is 10.6. The number of carbonyl (C=O) groups excluding carboxylic acids is 1. The average molecular weight is 880 g/mol. The Labute approximate surface area is 379 Å². The molecule has 13 heteroatoms. The van der Waals surface area contributed by atoms with E-state index >= 15 is 0 Å². The zero-order valence-corrected chi connectivity index (χ0v) is 37.9. The summed E-state index contributed by atoms with van der Waals surface area (Å²) >= 11 is 0. The number of hydrogen-bond donors (Lipinski definition) is 5. The quantitative estimate of drug-likeness (QED) is 0.102. The number of ether oxygens (including phenoxy) is 1. The molecular weight excluding hydrogens is 820 g/mol. The number of benzene rings is 2. The minimum absolute atomic E-state index is 0. The van der Waals surface area contributed by atoms with Crippen LogP contribution in [-0.4, -0.2) is 68.0 Å². The molecule has 0 atom stereocenters. The highest BCUT2D eigenvalue weighted by Gasteiger charge is 2.55. The molecule has 6 aliphatic rings. The summed E-state index contributed by atoms with van der Waals surface area (Å²) in [6, 6.07) is 25.2. The third-order valence-electron chi connectivity index (χ3n) is 15.6. The number of aromatic nitrogens is 8. The lowest BCUT2D eigenvalue weighted by molar-refractivity contribution is -0.0492. The van der Waals surface area contributed by atoms with E-state index in [1.807, 2.05) is 68.7 Å². The second-order valence-electron chi connectivity index (χ2n) is 20.2. The number of nitrogens with one attached hydrogen (secondary N) is 5. The van der Waals surface area contributed by atoms with Crippen LogP contribution in [0.2, 0.25) is 0 Å². The van der Waals surface area contributed by atoms with Crippen LogP contribution < -0.4 is 5.32 Å². The van der Waals surface area contributed by atoms with Crippen LogP contribution in [0.4, 0.5) is 4.79 Å². The van der Waals surface area contributed by atoms with Crippen molar-refractivity contribution in [2.24, 2.45) is 0 Å². The first-order chi connectivity index (χ1) is 30.6. The molecule has 14 rings (SSSR count). The Morgan fingerprint density at radius 2 is 1.09 bits per heavy atom. The number of rotatable bonds is 8. The third kappa shape index (κ3) is 7.32. The first-order valence-electron chi connectivity index (χ1n) is 23.0. The summed E-state index contributed by atoms with van der Waals surface area (Å²) in [5, 5.41) is 22.5. The lowest BCUT2D eigenvalue weighted by Gasteiger charge is -2.57. The Hall–Kier alpha value is -5.72. The van der Waals surface area contributed by atoms with Gasteiger partial charge in [-0.3, -0.25) is 15.1 Å². The fraction of sp³-hybridized carbons (Fsp3) is 0.431. The van der Waals surface area contributed by atoms with Gasteiger partial charge in [-0.05, 0) is 121 Å². The van der Waals surface area contributed by atoms with E-state index in [0.29, 0.717) is 12.1 Å². The van der Waals surface area contributed by atoms with E-state index in [2.05, 4.69) is 100 Å². The summed E-state index contributed by atoms with van der Waals surface area (Å²) in [5.41, 5.74) is 8.85. The van der Waals surface area contributed by atoms with E-state index in [1.165, 1.54) is 71.6 Å². The molecule has 5 N–H and O–H groups in total. The van der Waals surface area contributed by atoms with Gasteiger partial charge in [-0.15, -0.1) is 12.4 Å². The van der Waals surface area contributed by atoms with Crippen LogP contribution in [0, 0.1) is 0 Å². The molecular formula is C51H59ClN10O2. The Bertz CT molecular complexity index is 2880. The van der Waals surface area contributed by atoms with Crippen molar-refractivity contribution in [3.05, 3.63) is 120 Å². The van der Waals surface area contributed by atoms with Crippen LogP contribution in [0.25, 0.3) is 43.9 Å². The van der Waals surface area contributed by atoms with Gasteiger partial charge in [0.25, 0.3) is 0 Å². The van der Waals surface area contributed by atoms with E-state index in [4.69, 9.17) is 4.74 Å². The van der Waals surface area contributed by atoms with Gasteiger partial charge in [-0.25, -0.2) is 24.7 Å². The number of pyridine rings is 2. The van der Waals surface area contributed by atoms with E-state index in [9.17, 15) is 4.79 Å². The minimum atomic E-state index is -0.526. The van der Waals surface area contributed by atoms with Crippen molar-refractivity contribution in [2.45, 2.75) is 138 Å². The van der Waals surface area contributed by atoms with E-state index in [-0.39, 0.29) is 34.9 Å². The predicted molar refractivity (Wildman–Crippen MR) is 254 cm³/mol. The molecule has 6 saturated carbocycles. The molecule has 1 amide bonds. The fourth-order valence-electron chi connectivity index (χ4n) is 12.0. The second kappa shape index (κ2) is 16.1. The Balaban J connectivity index is 0.000000152. The summed E-state index contributed by atoms with van der Waals surface area (Å²) in [6.45, 7) is 7.37. The summed E-state index contributed by atoms with van der Waals surface area (Å²) in [4.78, 5) is 33.4. The van der Waals surface area contributed by atoms with Crippen molar-refractivity contribution >= 4 is 62.4 Å². The zero-order chi connectivity index (χ0) is 42.9. The smallest absolute Gasteiger partial charge is 0.411 e. The van der Waals surface area contributed by atoms with Gasteiger partial charge in [0.1, 0.15) is 5.60 Å². The molecule has 6 aliphatic carbocycles. The van der Waals surface area contributed by atoms with Gasteiger partial charge in [-0.1, -0.05) is 60.7 Å². The maximum Gasteiger partial charge on any atom is 0.411 e. The molecule has 0 unspecified atom stereocenters. The molecule has 12 nitrogen and oxygen atoms in total. The molecule has 0 saturated heterocycles. The second-order valence-corrected chi connectivity index (χ2v) is 20.2. The third-order valence-corrected chi connectivity index (χ3v) is 15.6. The highest BCUT2D eigenvalue weighted by atomic mass is 35.5. The number of nitrogens with zero attached hydrogens (tertiary/aromatic N) is 5. The first-order valence-corrected chi connectivity index (χ1v) is 23.0. The number of carbonyl (C=O) groups is 1. The summed E-state index contributed by atoms with van der Waals surface area (Å²) in [7, 11) is 0. The van der Waals surface area contributed by atoms with Gasteiger partial charge >= 0.3 is 6.09 Å². The van der Waals surface area contributed by atoms with E-state index in [1.54, 1.807) is 0 Å². The maximum absolute atomic E-state index is 13.5. The van der Waals surface area contributed by atoms with Crippen LogP contribution in [0.1, 0.15) is 120 Å². The Morgan fingerprint density at radius 1 is 0.625 bits per heavy atom.